The third-order valence-corrected chi connectivity index (χ3v) is 5.66. The fourth-order valence-electron chi connectivity index (χ4n) is 3.74. The van der Waals surface area contributed by atoms with Gasteiger partial charge in [0.05, 0.1) is 6.54 Å². The van der Waals surface area contributed by atoms with E-state index in [4.69, 9.17) is 4.74 Å². The van der Waals surface area contributed by atoms with Crippen LogP contribution in [0.5, 0.6) is 5.75 Å². The lowest BCUT2D eigenvalue weighted by Gasteiger charge is -2.26. The average molecular weight is 396 g/mol. The smallest absolute Gasteiger partial charge is 0.325 e. The minimum absolute atomic E-state index is 0.00729. The van der Waals surface area contributed by atoms with Gasteiger partial charge >= 0.3 is 6.03 Å². The fourth-order valence-corrected chi connectivity index (χ4v) is 3.74. The summed E-state index contributed by atoms with van der Waals surface area (Å²) in [5, 5.41) is 13.3. The van der Waals surface area contributed by atoms with E-state index in [1.54, 1.807) is 0 Å². The van der Waals surface area contributed by atoms with E-state index in [0.717, 1.165) is 32.9 Å². The maximum atomic E-state index is 13.1. The van der Waals surface area contributed by atoms with Crippen LogP contribution in [0, 0.1) is 20.8 Å². The van der Waals surface area contributed by atoms with E-state index in [1.807, 2.05) is 70.2 Å². The van der Waals surface area contributed by atoms with E-state index in [9.17, 15) is 14.7 Å². The molecule has 0 bridgehead atoms. The van der Waals surface area contributed by atoms with E-state index in [-0.39, 0.29) is 19.1 Å². The molecule has 6 heteroatoms. The molecular formula is C23H28N2O4. The second-order valence-corrected chi connectivity index (χ2v) is 7.59. The molecule has 0 saturated carbocycles. The largest absolute Gasteiger partial charge is 0.490 e. The first-order valence-electron chi connectivity index (χ1n) is 9.87. The van der Waals surface area contributed by atoms with Crippen molar-refractivity contribution in [2.45, 2.75) is 45.8 Å². The number of rotatable bonds is 7. The van der Waals surface area contributed by atoms with Crippen molar-refractivity contribution in [1.29, 1.82) is 0 Å². The minimum Gasteiger partial charge on any atom is -0.490 e. The van der Waals surface area contributed by atoms with Crippen molar-refractivity contribution < 1.29 is 19.4 Å². The Hall–Kier alpha value is -2.86. The topological polar surface area (TPSA) is 78.9 Å². The lowest BCUT2D eigenvalue weighted by atomic mass is 9.87. The predicted molar refractivity (Wildman–Crippen MR) is 111 cm³/mol. The number of aryl methyl sites for hydroxylation is 2. The maximum Gasteiger partial charge on any atom is 0.325 e. The van der Waals surface area contributed by atoms with Crippen molar-refractivity contribution in [2.24, 2.45) is 0 Å². The summed E-state index contributed by atoms with van der Waals surface area (Å²) in [6.07, 6.45) is -0.570. The van der Waals surface area contributed by atoms with Gasteiger partial charge in [-0.15, -0.1) is 0 Å². The third kappa shape index (κ3) is 3.85. The molecular weight excluding hydrogens is 368 g/mol. The van der Waals surface area contributed by atoms with E-state index < -0.39 is 17.7 Å². The molecule has 2 aromatic rings. The molecule has 1 aliphatic rings. The molecule has 2 N–H and O–H groups in total. The van der Waals surface area contributed by atoms with Crippen LogP contribution >= 0.6 is 0 Å². The first kappa shape index (κ1) is 20.9. The van der Waals surface area contributed by atoms with Gasteiger partial charge in [-0.25, -0.2) is 4.79 Å². The van der Waals surface area contributed by atoms with Gasteiger partial charge in [0.25, 0.3) is 5.91 Å². The monoisotopic (exact) mass is 396 g/mol. The molecule has 29 heavy (non-hydrogen) atoms. The Morgan fingerprint density at radius 2 is 1.72 bits per heavy atom. The van der Waals surface area contributed by atoms with E-state index in [2.05, 4.69) is 5.32 Å². The molecule has 154 valence electrons. The van der Waals surface area contributed by atoms with Crippen LogP contribution in [0.3, 0.4) is 0 Å². The second-order valence-electron chi connectivity index (χ2n) is 7.59. The van der Waals surface area contributed by atoms with Crippen molar-refractivity contribution in [3.63, 3.8) is 0 Å². The second kappa shape index (κ2) is 8.25. The summed E-state index contributed by atoms with van der Waals surface area (Å²) in [7, 11) is 0. The highest BCUT2D eigenvalue weighted by molar-refractivity contribution is 6.07. The van der Waals surface area contributed by atoms with Crippen LogP contribution in [0.15, 0.2) is 42.5 Å². The zero-order chi connectivity index (χ0) is 21.2. The standard InChI is InChI=1S/C23H28N2O4/c1-5-23(18-9-7-6-8-10-18)21(27)25(22(28)24-23)13-19(26)14-29-20-16(3)12-11-15(2)17(20)4/h6-12,19,26H,5,13-14H2,1-4H3,(H,24,28)/t19-,23+/m0/s1. The van der Waals surface area contributed by atoms with Crippen LogP contribution in [0.2, 0.25) is 0 Å². The Morgan fingerprint density at radius 1 is 1.07 bits per heavy atom. The van der Waals surface area contributed by atoms with Crippen LogP contribution in [0.1, 0.15) is 35.6 Å². The first-order valence-corrected chi connectivity index (χ1v) is 9.87. The number of nitrogens with zero attached hydrogens (tertiary/aromatic N) is 1. The van der Waals surface area contributed by atoms with E-state index in [1.165, 1.54) is 0 Å². The summed E-state index contributed by atoms with van der Waals surface area (Å²) in [6.45, 7) is 7.64. The number of amides is 3. The van der Waals surface area contributed by atoms with Crippen LogP contribution < -0.4 is 10.1 Å². The Bertz CT molecular complexity index is 913. The summed E-state index contributed by atoms with van der Waals surface area (Å²) in [5.41, 5.74) is 2.73. The minimum atomic E-state index is -1.09. The zero-order valence-corrected chi connectivity index (χ0v) is 17.4. The molecule has 2 atom stereocenters. The molecule has 0 aromatic heterocycles. The normalized spacial score (nSPS) is 20.0. The quantitative estimate of drug-likeness (QED) is 0.705. The number of aliphatic hydroxyl groups is 1. The van der Waals surface area contributed by atoms with Crippen LogP contribution in [0.4, 0.5) is 4.79 Å². The van der Waals surface area contributed by atoms with Gasteiger partial charge in [-0.3, -0.25) is 9.69 Å². The number of carbonyl (C=O) groups is 2. The lowest BCUT2D eigenvalue weighted by molar-refractivity contribution is -0.132. The summed E-state index contributed by atoms with van der Waals surface area (Å²) < 4.78 is 5.83. The van der Waals surface area contributed by atoms with Crippen LogP contribution in [-0.2, 0) is 10.3 Å². The molecule has 0 aliphatic carbocycles. The number of nitrogens with one attached hydrogen (secondary N) is 1. The molecule has 1 fully saturated rings. The van der Waals surface area contributed by atoms with E-state index in [0.29, 0.717) is 6.42 Å². The first-order chi connectivity index (χ1) is 13.8. The van der Waals surface area contributed by atoms with Gasteiger partial charge in [0.2, 0.25) is 0 Å². The SMILES string of the molecule is CC[C@]1(c2ccccc2)NC(=O)N(C[C@H](O)COc2c(C)ccc(C)c2C)C1=O. The number of urea groups is 1. The average Bonchev–Trinajstić information content (AvgIpc) is 2.96. The van der Waals surface area contributed by atoms with Crippen molar-refractivity contribution in [3.05, 3.63) is 64.7 Å². The lowest BCUT2D eigenvalue weighted by Crippen LogP contribution is -2.44. The van der Waals surface area contributed by atoms with Gasteiger partial charge in [0.15, 0.2) is 0 Å². The number of hydrogen-bond donors (Lipinski definition) is 2. The molecule has 1 aliphatic heterocycles. The molecule has 1 saturated heterocycles. The Balaban J connectivity index is 1.71. The van der Waals surface area contributed by atoms with Crippen molar-refractivity contribution in [1.82, 2.24) is 10.2 Å². The number of β-amino-alcohol motifs (C(OH)–C–C–N with tert-alkyl or cyclic N) is 1. The number of ether oxygens (including phenoxy) is 1. The number of imide groups is 1. The molecule has 0 radical (unpaired) electrons. The van der Waals surface area contributed by atoms with Crippen molar-refractivity contribution >= 4 is 11.9 Å². The zero-order valence-electron chi connectivity index (χ0n) is 17.4. The summed E-state index contributed by atoms with van der Waals surface area (Å²) in [6, 6.07) is 12.7. The molecule has 3 rings (SSSR count). The van der Waals surface area contributed by atoms with Crippen LogP contribution in [0.25, 0.3) is 0 Å². The Labute approximate surface area is 171 Å². The van der Waals surface area contributed by atoms with Gasteiger partial charge in [-0.2, -0.15) is 0 Å². The predicted octanol–water partition coefficient (Wildman–Crippen LogP) is 3.21. The van der Waals surface area contributed by atoms with Crippen LogP contribution in [-0.4, -0.2) is 41.2 Å². The molecule has 2 aromatic carbocycles. The number of carbonyl (C=O) groups excluding carboxylic acids is 2. The summed E-state index contributed by atoms with van der Waals surface area (Å²) in [5.74, 6) is 0.381. The summed E-state index contributed by atoms with van der Waals surface area (Å²) >= 11 is 0. The van der Waals surface area contributed by atoms with Gasteiger partial charge in [0.1, 0.15) is 24.0 Å². The highest BCUT2D eigenvalue weighted by Crippen LogP contribution is 2.32. The van der Waals surface area contributed by atoms with Gasteiger partial charge in [-0.05, 0) is 49.4 Å². The van der Waals surface area contributed by atoms with Gasteiger partial charge < -0.3 is 15.2 Å². The molecule has 3 amide bonds. The molecule has 6 nitrogen and oxygen atoms in total. The Kier molecular flexibility index (Phi) is 5.94. The fraction of sp³-hybridized carbons (Fsp3) is 0.391. The number of aliphatic hydroxyl groups excluding tert-OH is 1. The van der Waals surface area contributed by atoms with E-state index >= 15 is 0 Å². The van der Waals surface area contributed by atoms with Crippen molar-refractivity contribution in [2.75, 3.05) is 13.2 Å². The number of benzene rings is 2. The molecule has 0 spiro atoms. The molecule has 0 unspecified atom stereocenters. The third-order valence-electron chi connectivity index (χ3n) is 5.66. The van der Waals surface area contributed by atoms with Crippen molar-refractivity contribution in [3.8, 4) is 5.75 Å². The highest BCUT2D eigenvalue weighted by Gasteiger charge is 2.51. The maximum absolute atomic E-state index is 13.1. The summed E-state index contributed by atoms with van der Waals surface area (Å²) in [4.78, 5) is 26.7. The molecule has 1 heterocycles. The van der Waals surface area contributed by atoms with Gasteiger partial charge in [-0.1, -0.05) is 49.4 Å². The van der Waals surface area contributed by atoms with Gasteiger partial charge in [0, 0.05) is 0 Å². The highest BCUT2D eigenvalue weighted by atomic mass is 16.5. The Morgan fingerprint density at radius 3 is 2.38 bits per heavy atom. The number of hydrogen-bond acceptors (Lipinski definition) is 4.